The maximum absolute atomic E-state index is 12.5. The fraction of sp³-hybridized carbons (Fsp3) is 0.316. The molecule has 7 heteroatoms. The van der Waals surface area contributed by atoms with Crippen LogP contribution in [0.4, 0.5) is 4.79 Å². The number of ether oxygens (including phenoxy) is 3. The molecule has 1 aliphatic rings. The topological polar surface area (TPSA) is 78.0 Å². The minimum atomic E-state index is -0.732. The van der Waals surface area contributed by atoms with Crippen molar-refractivity contribution in [3.63, 3.8) is 0 Å². The molecule has 1 aromatic heterocycles. The van der Waals surface area contributed by atoms with E-state index >= 15 is 0 Å². The van der Waals surface area contributed by atoms with Gasteiger partial charge in [0.1, 0.15) is 24.5 Å². The zero-order chi connectivity index (χ0) is 18.4. The van der Waals surface area contributed by atoms with E-state index in [1.807, 2.05) is 30.3 Å². The van der Waals surface area contributed by atoms with Gasteiger partial charge in [-0.25, -0.2) is 9.59 Å². The van der Waals surface area contributed by atoms with Crippen molar-refractivity contribution in [2.45, 2.75) is 25.2 Å². The van der Waals surface area contributed by atoms with Gasteiger partial charge < -0.3 is 14.2 Å². The van der Waals surface area contributed by atoms with Gasteiger partial charge >= 0.3 is 12.1 Å². The molecule has 1 aromatic carbocycles. The van der Waals surface area contributed by atoms with Crippen LogP contribution in [-0.4, -0.2) is 47.7 Å². The SMILES string of the molecule is COC(=O)[C@@H]1CC(Oc2cccnc2)CN1C(=O)OCc1ccccc1. The highest BCUT2D eigenvalue weighted by Gasteiger charge is 2.42. The molecule has 2 heterocycles. The predicted octanol–water partition coefficient (Wildman–Crippen LogP) is 2.41. The lowest BCUT2D eigenvalue weighted by atomic mass is 10.2. The van der Waals surface area contributed by atoms with Crippen molar-refractivity contribution in [1.29, 1.82) is 0 Å². The van der Waals surface area contributed by atoms with E-state index in [1.165, 1.54) is 12.0 Å². The monoisotopic (exact) mass is 356 g/mol. The van der Waals surface area contributed by atoms with Crippen molar-refractivity contribution >= 4 is 12.1 Å². The summed E-state index contributed by atoms with van der Waals surface area (Å²) in [6, 6.07) is 12.2. The number of methoxy groups -OCH3 is 1. The number of likely N-dealkylation sites (tertiary alicyclic amines) is 1. The molecule has 1 amide bonds. The second-order valence-corrected chi connectivity index (χ2v) is 5.90. The summed E-state index contributed by atoms with van der Waals surface area (Å²) in [6.45, 7) is 0.375. The summed E-state index contributed by atoms with van der Waals surface area (Å²) in [6.07, 6.45) is 2.66. The molecule has 26 heavy (non-hydrogen) atoms. The van der Waals surface area contributed by atoms with E-state index in [-0.39, 0.29) is 19.3 Å². The van der Waals surface area contributed by atoms with E-state index < -0.39 is 18.1 Å². The van der Waals surface area contributed by atoms with Crippen LogP contribution < -0.4 is 4.74 Å². The maximum atomic E-state index is 12.5. The fourth-order valence-corrected chi connectivity index (χ4v) is 2.86. The van der Waals surface area contributed by atoms with Crippen molar-refractivity contribution in [3.05, 3.63) is 60.4 Å². The number of hydrogen-bond donors (Lipinski definition) is 0. The summed E-state index contributed by atoms with van der Waals surface area (Å²) in [5.74, 6) is 0.0968. The molecule has 0 saturated carbocycles. The van der Waals surface area contributed by atoms with E-state index in [4.69, 9.17) is 14.2 Å². The lowest BCUT2D eigenvalue weighted by Crippen LogP contribution is -2.41. The average molecular weight is 356 g/mol. The number of benzene rings is 1. The van der Waals surface area contributed by atoms with Crippen LogP contribution in [0.2, 0.25) is 0 Å². The first kappa shape index (κ1) is 17.7. The first-order valence-electron chi connectivity index (χ1n) is 8.29. The van der Waals surface area contributed by atoms with Crippen molar-refractivity contribution in [2.75, 3.05) is 13.7 Å². The maximum Gasteiger partial charge on any atom is 0.410 e. The first-order chi connectivity index (χ1) is 12.7. The van der Waals surface area contributed by atoms with E-state index in [9.17, 15) is 9.59 Å². The highest BCUT2D eigenvalue weighted by Crippen LogP contribution is 2.24. The largest absolute Gasteiger partial charge is 0.487 e. The van der Waals surface area contributed by atoms with Crippen LogP contribution in [0, 0.1) is 0 Å². The molecule has 0 bridgehead atoms. The first-order valence-corrected chi connectivity index (χ1v) is 8.29. The summed E-state index contributed by atoms with van der Waals surface area (Å²) in [5.41, 5.74) is 0.873. The standard InChI is InChI=1S/C19H20N2O5/c1-24-18(22)17-10-16(26-15-8-5-9-20-11-15)12-21(17)19(23)25-13-14-6-3-2-4-7-14/h2-9,11,16-17H,10,12-13H2,1H3/t16?,17-/m0/s1. The molecule has 7 nitrogen and oxygen atoms in total. The van der Waals surface area contributed by atoms with E-state index in [2.05, 4.69) is 4.98 Å². The molecule has 3 rings (SSSR count). The molecule has 0 N–H and O–H groups in total. The molecule has 2 atom stereocenters. The number of pyridine rings is 1. The highest BCUT2D eigenvalue weighted by atomic mass is 16.6. The van der Waals surface area contributed by atoms with Gasteiger partial charge in [-0.2, -0.15) is 0 Å². The Morgan fingerprint density at radius 2 is 2.00 bits per heavy atom. The van der Waals surface area contributed by atoms with Gasteiger partial charge in [-0.3, -0.25) is 9.88 Å². The fourth-order valence-electron chi connectivity index (χ4n) is 2.86. The van der Waals surface area contributed by atoms with Gasteiger partial charge in [0.05, 0.1) is 19.9 Å². The Bertz CT molecular complexity index is 738. The van der Waals surface area contributed by atoms with Crippen LogP contribution in [0.1, 0.15) is 12.0 Å². The molecular formula is C19H20N2O5. The van der Waals surface area contributed by atoms with Crippen LogP contribution in [0.5, 0.6) is 5.75 Å². The zero-order valence-electron chi connectivity index (χ0n) is 14.4. The quantitative estimate of drug-likeness (QED) is 0.766. The van der Waals surface area contributed by atoms with Crippen molar-refractivity contribution < 1.29 is 23.8 Å². The molecule has 0 spiro atoms. The Morgan fingerprint density at radius 1 is 1.19 bits per heavy atom. The van der Waals surface area contributed by atoms with Crippen LogP contribution in [0.3, 0.4) is 0 Å². The summed E-state index contributed by atoms with van der Waals surface area (Å²) in [7, 11) is 1.30. The number of esters is 1. The second-order valence-electron chi connectivity index (χ2n) is 5.90. The second kappa shape index (κ2) is 8.33. The Labute approximate surface area is 151 Å². The Kier molecular flexibility index (Phi) is 5.68. The number of hydrogen-bond acceptors (Lipinski definition) is 6. The van der Waals surface area contributed by atoms with Gasteiger partial charge in [0.15, 0.2) is 0 Å². The zero-order valence-corrected chi connectivity index (χ0v) is 14.4. The van der Waals surface area contributed by atoms with Crippen molar-refractivity contribution in [3.8, 4) is 5.75 Å². The number of carbonyl (C=O) groups is 2. The van der Waals surface area contributed by atoms with Crippen LogP contribution >= 0.6 is 0 Å². The van der Waals surface area contributed by atoms with E-state index in [1.54, 1.807) is 24.5 Å². The molecule has 136 valence electrons. The van der Waals surface area contributed by atoms with Crippen LogP contribution in [0.25, 0.3) is 0 Å². The summed E-state index contributed by atoms with van der Waals surface area (Å²) >= 11 is 0. The molecule has 1 aliphatic heterocycles. The van der Waals surface area contributed by atoms with Gasteiger partial charge in [-0.05, 0) is 17.7 Å². The number of rotatable bonds is 5. The van der Waals surface area contributed by atoms with Crippen molar-refractivity contribution in [2.24, 2.45) is 0 Å². The van der Waals surface area contributed by atoms with Gasteiger partial charge in [-0.15, -0.1) is 0 Å². The van der Waals surface area contributed by atoms with Crippen molar-refractivity contribution in [1.82, 2.24) is 9.88 Å². The van der Waals surface area contributed by atoms with E-state index in [0.29, 0.717) is 12.2 Å². The predicted molar refractivity (Wildman–Crippen MR) is 92.4 cm³/mol. The summed E-state index contributed by atoms with van der Waals surface area (Å²) < 4.78 is 16.0. The third kappa shape index (κ3) is 4.30. The Hall–Kier alpha value is -3.09. The minimum Gasteiger partial charge on any atom is -0.487 e. The lowest BCUT2D eigenvalue weighted by Gasteiger charge is -2.21. The molecular weight excluding hydrogens is 336 g/mol. The molecule has 1 unspecified atom stereocenters. The number of amides is 1. The van der Waals surface area contributed by atoms with Gasteiger partial charge in [0.2, 0.25) is 0 Å². The van der Waals surface area contributed by atoms with Gasteiger partial charge in [0.25, 0.3) is 0 Å². The normalized spacial score (nSPS) is 19.0. The molecule has 1 fully saturated rings. The van der Waals surface area contributed by atoms with Crippen LogP contribution in [0.15, 0.2) is 54.9 Å². The van der Waals surface area contributed by atoms with Gasteiger partial charge in [-0.1, -0.05) is 30.3 Å². The summed E-state index contributed by atoms with van der Waals surface area (Å²) in [4.78, 5) is 29.9. The Morgan fingerprint density at radius 3 is 2.69 bits per heavy atom. The highest BCUT2D eigenvalue weighted by molar-refractivity contribution is 5.82. The molecule has 1 saturated heterocycles. The number of nitrogens with zero attached hydrogens (tertiary/aromatic N) is 2. The smallest absolute Gasteiger partial charge is 0.410 e. The number of aromatic nitrogens is 1. The summed E-state index contributed by atoms with van der Waals surface area (Å²) in [5, 5.41) is 0. The minimum absolute atomic E-state index is 0.137. The average Bonchev–Trinajstić information content (AvgIpc) is 3.11. The van der Waals surface area contributed by atoms with Crippen LogP contribution in [-0.2, 0) is 20.9 Å². The van der Waals surface area contributed by atoms with E-state index in [0.717, 1.165) is 5.56 Å². The number of carbonyl (C=O) groups excluding carboxylic acids is 2. The molecule has 0 radical (unpaired) electrons. The van der Waals surface area contributed by atoms with Gasteiger partial charge in [0, 0.05) is 12.6 Å². The lowest BCUT2D eigenvalue weighted by molar-refractivity contribution is -0.145. The third-order valence-corrected chi connectivity index (χ3v) is 4.11. The molecule has 0 aliphatic carbocycles. The molecule has 2 aromatic rings. The third-order valence-electron chi connectivity index (χ3n) is 4.11. The Balaban J connectivity index is 1.64.